The van der Waals surface area contributed by atoms with Crippen LogP contribution in [0.15, 0.2) is 0 Å². The second kappa shape index (κ2) is 5.43. The number of hydrogen-bond acceptors (Lipinski definition) is 2. The Morgan fingerprint density at radius 1 is 1.25 bits per heavy atom. The van der Waals surface area contributed by atoms with Gasteiger partial charge in [-0.15, -0.1) is 0 Å². The minimum absolute atomic E-state index is 0.0197. The van der Waals surface area contributed by atoms with E-state index in [1.807, 2.05) is 13.8 Å². The normalized spacial score (nSPS) is 14.8. The van der Waals surface area contributed by atoms with Gasteiger partial charge in [0.1, 0.15) is 0 Å². The highest BCUT2D eigenvalue weighted by molar-refractivity contribution is 4.69. The van der Waals surface area contributed by atoms with Crippen LogP contribution in [0, 0.1) is 5.92 Å². The van der Waals surface area contributed by atoms with Crippen molar-refractivity contribution in [1.82, 2.24) is 4.90 Å². The molecular weight excluding hydrogens is 162 g/mol. The predicted molar refractivity (Wildman–Crippen MR) is 46.3 cm³/mol. The summed E-state index contributed by atoms with van der Waals surface area (Å²) in [5.74, 6) is 0.338. The molecule has 1 atom stereocenters. The topological polar surface area (TPSA) is 29.3 Å². The van der Waals surface area contributed by atoms with E-state index in [4.69, 9.17) is 5.73 Å². The van der Waals surface area contributed by atoms with Crippen molar-refractivity contribution in [2.24, 2.45) is 11.7 Å². The fraction of sp³-hybridized carbons (Fsp3) is 1.00. The highest BCUT2D eigenvalue weighted by Gasteiger charge is 2.13. The minimum atomic E-state index is -2.27. The molecule has 0 aromatic carbocycles. The first kappa shape index (κ1) is 11.8. The summed E-state index contributed by atoms with van der Waals surface area (Å²) in [5, 5.41) is 0. The van der Waals surface area contributed by atoms with Gasteiger partial charge in [0.05, 0.1) is 6.54 Å². The first-order valence-electron chi connectivity index (χ1n) is 4.15. The average Bonchev–Trinajstić information content (AvgIpc) is 1.84. The van der Waals surface area contributed by atoms with Crippen LogP contribution < -0.4 is 5.73 Å². The Balaban J connectivity index is 3.61. The lowest BCUT2D eigenvalue weighted by atomic mass is 10.1. The number of halogens is 2. The van der Waals surface area contributed by atoms with Gasteiger partial charge >= 0.3 is 0 Å². The third-order valence-electron chi connectivity index (χ3n) is 1.83. The maximum atomic E-state index is 11.9. The quantitative estimate of drug-likeness (QED) is 0.688. The largest absolute Gasteiger partial charge is 0.326 e. The first-order valence-corrected chi connectivity index (χ1v) is 4.15. The lowest BCUT2D eigenvalue weighted by Gasteiger charge is -2.23. The molecule has 0 radical (unpaired) electrons. The standard InChI is InChI=1S/C8H18F2N2/c1-6(2)7(11)4-12(3)5-8(9)10/h6-8H,4-5,11H2,1-3H3. The molecule has 0 bridgehead atoms. The van der Waals surface area contributed by atoms with Gasteiger partial charge in [0.15, 0.2) is 0 Å². The third kappa shape index (κ3) is 5.43. The van der Waals surface area contributed by atoms with E-state index in [1.54, 1.807) is 11.9 Å². The molecule has 1 unspecified atom stereocenters. The van der Waals surface area contributed by atoms with Crippen molar-refractivity contribution in [2.45, 2.75) is 26.3 Å². The predicted octanol–water partition coefficient (Wildman–Crippen LogP) is 1.17. The SMILES string of the molecule is CC(C)C(N)CN(C)CC(F)F. The summed E-state index contributed by atoms with van der Waals surface area (Å²) >= 11 is 0. The molecule has 0 saturated carbocycles. The van der Waals surface area contributed by atoms with Crippen molar-refractivity contribution < 1.29 is 8.78 Å². The zero-order chi connectivity index (χ0) is 9.72. The van der Waals surface area contributed by atoms with E-state index in [0.717, 1.165) is 0 Å². The summed E-state index contributed by atoms with van der Waals surface area (Å²) in [7, 11) is 1.66. The highest BCUT2D eigenvalue weighted by atomic mass is 19.3. The van der Waals surface area contributed by atoms with Crippen molar-refractivity contribution in [1.29, 1.82) is 0 Å². The Bertz CT molecular complexity index is 118. The van der Waals surface area contributed by atoms with Gasteiger partial charge in [-0.2, -0.15) is 0 Å². The van der Waals surface area contributed by atoms with Gasteiger partial charge in [0.25, 0.3) is 6.43 Å². The van der Waals surface area contributed by atoms with Gasteiger partial charge < -0.3 is 5.73 Å². The zero-order valence-corrected chi connectivity index (χ0v) is 7.93. The molecule has 0 rings (SSSR count). The number of rotatable bonds is 5. The van der Waals surface area contributed by atoms with Crippen molar-refractivity contribution in [3.05, 3.63) is 0 Å². The van der Waals surface area contributed by atoms with Crippen molar-refractivity contribution in [3.8, 4) is 0 Å². The molecule has 0 aromatic rings. The molecular formula is C8H18F2N2. The summed E-state index contributed by atoms with van der Waals surface area (Å²) < 4.78 is 23.7. The molecule has 2 nitrogen and oxygen atoms in total. The second-order valence-electron chi connectivity index (χ2n) is 3.52. The van der Waals surface area contributed by atoms with E-state index in [2.05, 4.69) is 0 Å². The second-order valence-corrected chi connectivity index (χ2v) is 3.52. The summed E-state index contributed by atoms with van der Waals surface area (Å²) in [4.78, 5) is 1.56. The average molecular weight is 180 g/mol. The van der Waals surface area contributed by atoms with Crippen molar-refractivity contribution >= 4 is 0 Å². The van der Waals surface area contributed by atoms with Crippen LogP contribution in [0.2, 0.25) is 0 Å². The zero-order valence-electron chi connectivity index (χ0n) is 7.93. The Kier molecular flexibility index (Phi) is 5.33. The molecule has 4 heteroatoms. The molecule has 12 heavy (non-hydrogen) atoms. The van der Waals surface area contributed by atoms with Crippen molar-refractivity contribution in [2.75, 3.05) is 20.1 Å². The van der Waals surface area contributed by atoms with Crippen LogP contribution in [0.1, 0.15) is 13.8 Å². The Labute approximate surface area is 72.7 Å². The van der Waals surface area contributed by atoms with Crippen LogP contribution in [-0.4, -0.2) is 37.5 Å². The molecule has 0 fully saturated rings. The van der Waals surface area contributed by atoms with Gasteiger partial charge in [-0.3, -0.25) is 4.90 Å². The summed E-state index contributed by atoms with van der Waals surface area (Å²) in [5.41, 5.74) is 5.71. The van der Waals surface area contributed by atoms with Crippen LogP contribution in [0.3, 0.4) is 0 Å². The molecule has 74 valence electrons. The summed E-state index contributed by atoms with van der Waals surface area (Å²) in [6, 6.07) is -0.0197. The van der Waals surface area contributed by atoms with Crippen LogP contribution in [0.5, 0.6) is 0 Å². The Hall–Kier alpha value is -0.220. The molecule has 0 aliphatic carbocycles. The molecule has 0 aliphatic heterocycles. The number of likely N-dealkylation sites (N-methyl/N-ethyl adjacent to an activating group) is 1. The molecule has 0 heterocycles. The Morgan fingerprint density at radius 3 is 2.08 bits per heavy atom. The monoisotopic (exact) mass is 180 g/mol. The molecule has 0 saturated heterocycles. The van der Waals surface area contributed by atoms with Gasteiger partial charge in [0, 0.05) is 12.6 Å². The fourth-order valence-electron chi connectivity index (χ4n) is 0.881. The Morgan fingerprint density at radius 2 is 1.75 bits per heavy atom. The van der Waals surface area contributed by atoms with E-state index in [0.29, 0.717) is 12.5 Å². The van der Waals surface area contributed by atoms with E-state index in [-0.39, 0.29) is 12.6 Å². The van der Waals surface area contributed by atoms with Gasteiger partial charge in [0.2, 0.25) is 0 Å². The van der Waals surface area contributed by atoms with Crippen molar-refractivity contribution in [3.63, 3.8) is 0 Å². The van der Waals surface area contributed by atoms with Crippen LogP contribution in [0.4, 0.5) is 8.78 Å². The van der Waals surface area contributed by atoms with E-state index in [9.17, 15) is 8.78 Å². The van der Waals surface area contributed by atoms with Gasteiger partial charge in [-0.25, -0.2) is 8.78 Å². The fourth-order valence-corrected chi connectivity index (χ4v) is 0.881. The third-order valence-corrected chi connectivity index (χ3v) is 1.83. The van der Waals surface area contributed by atoms with Gasteiger partial charge in [-0.1, -0.05) is 13.8 Å². The molecule has 0 aliphatic rings. The molecule has 0 spiro atoms. The maximum Gasteiger partial charge on any atom is 0.251 e. The number of alkyl halides is 2. The lowest BCUT2D eigenvalue weighted by molar-refractivity contribution is 0.0956. The van der Waals surface area contributed by atoms with E-state index >= 15 is 0 Å². The maximum absolute atomic E-state index is 11.9. The lowest BCUT2D eigenvalue weighted by Crippen LogP contribution is -2.40. The highest BCUT2D eigenvalue weighted by Crippen LogP contribution is 2.02. The smallest absolute Gasteiger partial charge is 0.251 e. The van der Waals surface area contributed by atoms with E-state index in [1.165, 1.54) is 0 Å². The van der Waals surface area contributed by atoms with Crippen LogP contribution in [0.25, 0.3) is 0 Å². The number of nitrogens with two attached hydrogens (primary N) is 1. The molecule has 2 N–H and O–H groups in total. The van der Waals surface area contributed by atoms with Crippen LogP contribution >= 0.6 is 0 Å². The van der Waals surface area contributed by atoms with Gasteiger partial charge in [-0.05, 0) is 13.0 Å². The molecule has 0 amide bonds. The van der Waals surface area contributed by atoms with E-state index < -0.39 is 6.43 Å². The summed E-state index contributed by atoms with van der Waals surface area (Å²) in [6.07, 6.45) is -2.27. The van der Waals surface area contributed by atoms with Crippen LogP contribution in [-0.2, 0) is 0 Å². The molecule has 0 aromatic heterocycles. The minimum Gasteiger partial charge on any atom is -0.326 e. The first-order chi connectivity index (χ1) is 5.43. The number of nitrogens with zero attached hydrogens (tertiary/aromatic N) is 1. The summed E-state index contributed by atoms with van der Waals surface area (Å²) in [6.45, 7) is 4.31. The number of hydrogen-bond donors (Lipinski definition) is 1.